The van der Waals surface area contributed by atoms with E-state index in [0.717, 1.165) is 25.7 Å². The topological polar surface area (TPSA) is 114 Å². The Labute approximate surface area is 200 Å². The molecule has 0 aliphatic heterocycles. The SMILES string of the molecule is C[C@H]1[C@H](NC(=O)c2ccc[n+]([O-])c2)C[C@H]2C(C)(C)CCC[C@]2(C)[C@H]1C(=O)c1cc(O)cc(O)c1. The van der Waals surface area contributed by atoms with Crippen LogP contribution in [-0.4, -0.2) is 27.9 Å². The number of amides is 1. The third-order valence-corrected chi connectivity index (χ3v) is 8.46. The second-order valence-corrected chi connectivity index (χ2v) is 11.1. The molecule has 7 heteroatoms. The minimum absolute atomic E-state index is 0.0135. The van der Waals surface area contributed by atoms with Gasteiger partial charge in [-0.2, -0.15) is 4.73 Å². The van der Waals surface area contributed by atoms with Crippen LogP contribution in [0, 0.1) is 33.8 Å². The molecule has 2 saturated carbocycles. The summed E-state index contributed by atoms with van der Waals surface area (Å²) >= 11 is 0. The third-order valence-electron chi connectivity index (χ3n) is 8.46. The molecule has 1 aromatic carbocycles. The molecule has 1 heterocycles. The van der Waals surface area contributed by atoms with Gasteiger partial charge in [-0.3, -0.25) is 9.59 Å². The van der Waals surface area contributed by atoms with Crippen molar-refractivity contribution in [3.8, 4) is 11.5 Å². The molecule has 34 heavy (non-hydrogen) atoms. The second-order valence-electron chi connectivity index (χ2n) is 11.1. The Hall–Kier alpha value is -3.09. The summed E-state index contributed by atoms with van der Waals surface area (Å²) in [4.78, 5) is 27.0. The fourth-order valence-electron chi connectivity index (χ4n) is 6.91. The summed E-state index contributed by atoms with van der Waals surface area (Å²) in [5.41, 5.74) is 0.257. The molecular weight excluding hydrogens is 432 g/mol. The number of fused-ring (bicyclic) bond motifs is 1. The number of benzene rings is 1. The molecule has 4 rings (SSSR count). The summed E-state index contributed by atoms with van der Waals surface area (Å²) in [6.07, 6.45) is 6.29. The van der Waals surface area contributed by atoms with Gasteiger partial charge in [0.05, 0.1) is 0 Å². The van der Waals surface area contributed by atoms with E-state index in [1.807, 2.05) is 6.92 Å². The lowest BCUT2D eigenvalue weighted by atomic mass is 9.45. The molecule has 7 nitrogen and oxygen atoms in total. The monoisotopic (exact) mass is 466 g/mol. The Morgan fingerprint density at radius 1 is 1.09 bits per heavy atom. The van der Waals surface area contributed by atoms with Crippen LogP contribution in [0.15, 0.2) is 42.7 Å². The van der Waals surface area contributed by atoms with Gasteiger partial charge >= 0.3 is 0 Å². The number of ketones is 1. The molecular formula is C27H34N2O5. The van der Waals surface area contributed by atoms with Crippen LogP contribution >= 0.6 is 0 Å². The van der Waals surface area contributed by atoms with Crippen molar-refractivity contribution in [2.75, 3.05) is 0 Å². The Bertz CT molecular complexity index is 1090. The number of carbonyl (C=O) groups is 2. The van der Waals surface area contributed by atoms with Crippen LogP contribution in [0.25, 0.3) is 0 Å². The smallest absolute Gasteiger partial charge is 0.257 e. The maximum Gasteiger partial charge on any atom is 0.257 e. The van der Waals surface area contributed by atoms with E-state index in [1.54, 1.807) is 6.07 Å². The maximum absolute atomic E-state index is 14.0. The molecule has 2 aliphatic carbocycles. The molecule has 0 radical (unpaired) electrons. The van der Waals surface area contributed by atoms with E-state index in [4.69, 9.17) is 0 Å². The molecule has 0 spiro atoms. The van der Waals surface area contributed by atoms with Crippen molar-refractivity contribution in [2.24, 2.45) is 28.6 Å². The molecule has 2 fully saturated rings. The highest BCUT2D eigenvalue weighted by atomic mass is 16.5. The molecule has 0 unspecified atom stereocenters. The van der Waals surface area contributed by atoms with Crippen LogP contribution in [0.1, 0.15) is 74.1 Å². The predicted molar refractivity (Wildman–Crippen MR) is 127 cm³/mol. The molecule has 182 valence electrons. The van der Waals surface area contributed by atoms with Crippen LogP contribution in [0.3, 0.4) is 0 Å². The minimum atomic E-state index is -0.405. The highest BCUT2D eigenvalue weighted by molar-refractivity contribution is 5.99. The second kappa shape index (κ2) is 8.60. The number of phenolic OH excluding ortho intramolecular Hbond substituents is 2. The number of phenols is 2. The lowest BCUT2D eigenvalue weighted by molar-refractivity contribution is -0.605. The summed E-state index contributed by atoms with van der Waals surface area (Å²) in [5, 5.41) is 34.8. The first-order valence-corrected chi connectivity index (χ1v) is 12.0. The van der Waals surface area contributed by atoms with Gasteiger partial charge in [0.1, 0.15) is 17.1 Å². The van der Waals surface area contributed by atoms with E-state index in [2.05, 4.69) is 26.1 Å². The minimum Gasteiger partial charge on any atom is -0.619 e. The summed E-state index contributed by atoms with van der Waals surface area (Å²) in [6.45, 7) is 8.67. The number of hydrogen-bond acceptors (Lipinski definition) is 5. The number of hydrogen-bond donors (Lipinski definition) is 3. The number of nitrogens with one attached hydrogen (secondary N) is 1. The average Bonchev–Trinajstić information content (AvgIpc) is 2.74. The largest absolute Gasteiger partial charge is 0.619 e. The van der Waals surface area contributed by atoms with Crippen LogP contribution in [0.2, 0.25) is 0 Å². The number of nitrogens with zero attached hydrogens (tertiary/aromatic N) is 1. The van der Waals surface area contributed by atoms with Crippen LogP contribution in [-0.2, 0) is 0 Å². The van der Waals surface area contributed by atoms with Gasteiger partial charge in [-0.05, 0) is 60.1 Å². The Morgan fingerprint density at radius 2 is 1.76 bits per heavy atom. The van der Waals surface area contributed by atoms with E-state index < -0.39 is 5.92 Å². The normalized spacial score (nSPS) is 30.2. The van der Waals surface area contributed by atoms with E-state index in [9.17, 15) is 25.0 Å². The number of aromatic hydroxyl groups is 2. The zero-order chi connectivity index (χ0) is 24.8. The number of carbonyl (C=O) groups excluding carboxylic acids is 2. The van der Waals surface area contributed by atoms with Crippen molar-refractivity contribution >= 4 is 11.7 Å². The summed E-state index contributed by atoms with van der Waals surface area (Å²) in [5.74, 6) is -1.16. The lowest BCUT2D eigenvalue weighted by Gasteiger charge is -2.60. The molecule has 1 aromatic heterocycles. The van der Waals surface area contributed by atoms with Gasteiger partial charge in [-0.25, -0.2) is 0 Å². The van der Waals surface area contributed by atoms with Crippen LogP contribution in [0.5, 0.6) is 11.5 Å². The van der Waals surface area contributed by atoms with E-state index >= 15 is 0 Å². The Balaban J connectivity index is 1.73. The Morgan fingerprint density at radius 3 is 2.41 bits per heavy atom. The highest BCUT2D eigenvalue weighted by Crippen LogP contribution is 2.61. The quantitative estimate of drug-likeness (QED) is 0.355. The molecule has 1 amide bonds. The molecule has 3 N–H and O–H groups in total. The van der Waals surface area contributed by atoms with Crippen molar-refractivity contribution in [2.45, 2.75) is 59.4 Å². The molecule has 2 aromatic rings. The van der Waals surface area contributed by atoms with Crippen molar-refractivity contribution in [1.29, 1.82) is 0 Å². The molecule has 0 saturated heterocycles. The zero-order valence-electron chi connectivity index (χ0n) is 20.2. The average molecular weight is 467 g/mol. The molecule has 2 aliphatic rings. The molecule has 5 atom stereocenters. The number of rotatable bonds is 4. The third kappa shape index (κ3) is 4.24. The first kappa shape index (κ1) is 24.0. The summed E-state index contributed by atoms with van der Waals surface area (Å²) in [6, 6.07) is 6.89. The maximum atomic E-state index is 14.0. The number of pyridine rings is 1. The summed E-state index contributed by atoms with van der Waals surface area (Å²) in [7, 11) is 0. The van der Waals surface area contributed by atoms with Crippen molar-refractivity contribution < 1.29 is 24.5 Å². The lowest BCUT2D eigenvalue weighted by Crippen LogP contribution is -2.60. The van der Waals surface area contributed by atoms with Crippen molar-refractivity contribution in [3.05, 3.63) is 59.1 Å². The Kier molecular flexibility index (Phi) is 6.08. The number of aromatic nitrogens is 1. The summed E-state index contributed by atoms with van der Waals surface area (Å²) < 4.78 is 0.598. The van der Waals surface area contributed by atoms with Gasteiger partial charge in [0.2, 0.25) is 0 Å². The van der Waals surface area contributed by atoms with Gasteiger partial charge in [-0.15, -0.1) is 0 Å². The van der Waals surface area contributed by atoms with E-state index in [-0.39, 0.29) is 63.0 Å². The van der Waals surface area contributed by atoms with E-state index in [0.29, 0.717) is 4.73 Å². The van der Waals surface area contributed by atoms with Gasteiger partial charge in [0.15, 0.2) is 18.2 Å². The highest BCUT2D eigenvalue weighted by Gasteiger charge is 2.58. The van der Waals surface area contributed by atoms with Crippen LogP contribution < -0.4 is 10.0 Å². The van der Waals surface area contributed by atoms with Gasteiger partial charge in [0, 0.05) is 29.7 Å². The zero-order valence-corrected chi connectivity index (χ0v) is 20.2. The number of Topliss-reactive ketones (excluding diaryl/α,β-unsaturated/α-hetero) is 1. The fraction of sp³-hybridized carbons (Fsp3) is 0.519. The molecule has 0 bridgehead atoms. The van der Waals surface area contributed by atoms with Crippen molar-refractivity contribution in [3.63, 3.8) is 0 Å². The standard InChI is InChI=1S/C27H34N2O5/c1-16-21(28-25(33)17-7-5-10-29(34)15-17)14-22-26(2,3)8-6-9-27(22,4)23(16)24(32)18-11-19(30)13-20(31)12-18/h5,7,10-13,15-16,21-23,30-31H,6,8-9,14H2,1-4H3,(H,28,33)/t16-,21+,22-,23+,27-/m0/s1. The van der Waals surface area contributed by atoms with Crippen molar-refractivity contribution in [1.82, 2.24) is 5.32 Å². The van der Waals surface area contributed by atoms with Crippen LogP contribution in [0.4, 0.5) is 0 Å². The predicted octanol–water partition coefficient (Wildman–Crippen LogP) is 4.20. The van der Waals surface area contributed by atoms with Gasteiger partial charge < -0.3 is 20.7 Å². The van der Waals surface area contributed by atoms with E-state index in [1.165, 1.54) is 36.7 Å². The first-order valence-electron chi connectivity index (χ1n) is 12.0. The fourth-order valence-corrected chi connectivity index (χ4v) is 6.91. The van der Waals surface area contributed by atoms with Gasteiger partial charge in [0.25, 0.3) is 5.91 Å². The van der Waals surface area contributed by atoms with Gasteiger partial charge in [-0.1, -0.05) is 34.1 Å². The first-order chi connectivity index (χ1) is 15.9.